The summed E-state index contributed by atoms with van der Waals surface area (Å²) in [6.07, 6.45) is 0. The largest absolute Gasteiger partial charge is 0.507 e. The second-order valence-electron chi connectivity index (χ2n) is 5.65. The summed E-state index contributed by atoms with van der Waals surface area (Å²) in [5.41, 5.74) is 8.40. The van der Waals surface area contributed by atoms with Gasteiger partial charge in [0.1, 0.15) is 5.75 Å². The number of carbonyl (C=O) groups excluding carboxylic acids is 1. The molecule has 1 heterocycles. The van der Waals surface area contributed by atoms with Crippen LogP contribution < -0.4 is 5.73 Å². The van der Waals surface area contributed by atoms with Crippen molar-refractivity contribution in [3.63, 3.8) is 0 Å². The van der Waals surface area contributed by atoms with Gasteiger partial charge in [0.2, 0.25) is 0 Å². The van der Waals surface area contributed by atoms with Crippen molar-refractivity contribution in [1.29, 1.82) is 0 Å². The van der Waals surface area contributed by atoms with E-state index in [1.165, 1.54) is 6.07 Å². The number of phenolic OH excluding ortho intramolecular Hbond substituents is 1. The number of nitrogen functional groups attached to an aromatic ring is 1. The molecule has 0 amide bonds. The lowest BCUT2D eigenvalue weighted by molar-refractivity contribution is 0.103. The Labute approximate surface area is 142 Å². The number of H-pyrrole nitrogens is 1. The molecule has 0 saturated carbocycles. The van der Waals surface area contributed by atoms with Crippen LogP contribution in [0.4, 0.5) is 5.69 Å². The third-order valence-electron chi connectivity index (χ3n) is 4.13. The Morgan fingerprint density at radius 3 is 2.58 bits per heavy atom. The number of aromatic hydroxyl groups is 1. The Balaban J connectivity index is 1.95. The molecule has 3 aromatic carbocycles. The minimum absolute atomic E-state index is 0.0987. The van der Waals surface area contributed by atoms with Gasteiger partial charge in [0.05, 0.1) is 11.1 Å². The smallest absolute Gasteiger partial charge is 0.198 e. The molecular weight excluding hydrogens is 324 g/mol. The van der Waals surface area contributed by atoms with Crippen molar-refractivity contribution in [3.05, 3.63) is 70.7 Å². The Morgan fingerprint density at radius 2 is 1.75 bits per heavy atom. The molecule has 0 unspecified atom stereocenters. The van der Waals surface area contributed by atoms with E-state index < -0.39 is 0 Å². The zero-order valence-corrected chi connectivity index (χ0v) is 13.3. The number of benzene rings is 3. The number of carbonyl (C=O) groups is 1. The maximum absolute atomic E-state index is 12.8. The second-order valence-corrected chi connectivity index (χ2v) is 6.08. The van der Waals surface area contributed by atoms with Crippen molar-refractivity contribution < 1.29 is 9.90 Å². The lowest BCUT2D eigenvalue weighted by Gasteiger charge is -2.08. The number of fused-ring (bicyclic) bond motifs is 3. The molecule has 0 bridgehead atoms. The molecule has 5 heteroatoms. The van der Waals surface area contributed by atoms with Crippen LogP contribution >= 0.6 is 11.6 Å². The van der Waals surface area contributed by atoms with E-state index in [-0.39, 0.29) is 22.7 Å². The van der Waals surface area contributed by atoms with Gasteiger partial charge in [0.25, 0.3) is 0 Å². The van der Waals surface area contributed by atoms with Gasteiger partial charge in [-0.1, -0.05) is 29.8 Å². The zero-order valence-electron chi connectivity index (χ0n) is 12.5. The molecule has 24 heavy (non-hydrogen) atoms. The van der Waals surface area contributed by atoms with Gasteiger partial charge in [-0.05, 0) is 30.3 Å². The fourth-order valence-corrected chi connectivity index (χ4v) is 3.11. The highest BCUT2D eigenvalue weighted by molar-refractivity contribution is 6.31. The molecule has 0 aliphatic rings. The topological polar surface area (TPSA) is 79.1 Å². The summed E-state index contributed by atoms with van der Waals surface area (Å²) in [5.74, 6) is -0.460. The number of nitrogens with one attached hydrogen (secondary N) is 1. The van der Waals surface area contributed by atoms with E-state index in [1.54, 1.807) is 24.3 Å². The van der Waals surface area contributed by atoms with Crippen LogP contribution in [0, 0.1) is 0 Å². The standard InChI is InChI=1S/C19H13ClN2O2/c20-10-5-6-15(21)13(7-10)19(24)14-8-12-11-3-1-2-4-16(11)22-17(12)9-18(14)23/h1-9,22-23H,21H2. The lowest BCUT2D eigenvalue weighted by atomic mass is 9.99. The molecule has 0 atom stereocenters. The van der Waals surface area contributed by atoms with Crippen molar-refractivity contribution in [2.24, 2.45) is 0 Å². The SMILES string of the molecule is Nc1ccc(Cl)cc1C(=O)c1cc2c(cc1O)[nH]c1ccccc12. The first-order chi connectivity index (χ1) is 11.5. The highest BCUT2D eigenvalue weighted by Crippen LogP contribution is 2.33. The second kappa shape index (κ2) is 5.28. The molecule has 0 saturated heterocycles. The number of hydrogen-bond acceptors (Lipinski definition) is 3. The molecule has 4 nitrogen and oxygen atoms in total. The number of rotatable bonds is 2. The number of hydrogen-bond donors (Lipinski definition) is 3. The Morgan fingerprint density at radius 1 is 0.958 bits per heavy atom. The zero-order chi connectivity index (χ0) is 16.8. The van der Waals surface area contributed by atoms with E-state index >= 15 is 0 Å². The number of ketones is 1. The van der Waals surface area contributed by atoms with Gasteiger partial charge in [0.15, 0.2) is 5.78 Å². The fourth-order valence-electron chi connectivity index (χ4n) is 2.94. The predicted molar refractivity (Wildman–Crippen MR) is 96.8 cm³/mol. The lowest BCUT2D eigenvalue weighted by Crippen LogP contribution is -2.05. The minimum atomic E-state index is -0.361. The van der Waals surface area contributed by atoms with Gasteiger partial charge in [0, 0.05) is 38.6 Å². The summed E-state index contributed by atoms with van der Waals surface area (Å²) < 4.78 is 0. The summed E-state index contributed by atoms with van der Waals surface area (Å²) in [7, 11) is 0. The molecule has 0 fully saturated rings. The predicted octanol–water partition coefficient (Wildman–Crippen LogP) is 4.49. The Bertz CT molecular complexity index is 1120. The van der Waals surface area contributed by atoms with Crippen LogP contribution in [0.15, 0.2) is 54.6 Å². The monoisotopic (exact) mass is 336 g/mol. The summed E-state index contributed by atoms with van der Waals surface area (Å²) >= 11 is 5.97. The normalized spacial score (nSPS) is 11.2. The molecule has 0 spiro atoms. The molecule has 4 aromatic rings. The van der Waals surface area contributed by atoms with Crippen LogP contribution in [0.25, 0.3) is 21.8 Å². The molecule has 0 aliphatic heterocycles. The number of halogens is 1. The Kier molecular flexibility index (Phi) is 3.22. The van der Waals surface area contributed by atoms with E-state index in [9.17, 15) is 9.90 Å². The van der Waals surface area contributed by atoms with Crippen molar-refractivity contribution in [1.82, 2.24) is 4.98 Å². The molecule has 118 valence electrons. The van der Waals surface area contributed by atoms with E-state index in [0.29, 0.717) is 10.7 Å². The number of aromatic amines is 1. The van der Waals surface area contributed by atoms with Gasteiger partial charge in [-0.25, -0.2) is 0 Å². The number of nitrogens with two attached hydrogens (primary N) is 1. The minimum Gasteiger partial charge on any atom is -0.507 e. The van der Waals surface area contributed by atoms with Crippen LogP contribution in [0.3, 0.4) is 0 Å². The summed E-state index contributed by atoms with van der Waals surface area (Å²) in [4.78, 5) is 16.1. The third-order valence-corrected chi connectivity index (χ3v) is 4.36. The van der Waals surface area contributed by atoms with Gasteiger partial charge in [-0.2, -0.15) is 0 Å². The number of anilines is 1. The van der Waals surface area contributed by atoms with E-state index in [1.807, 2.05) is 24.3 Å². The number of aromatic nitrogens is 1. The number of para-hydroxylation sites is 1. The van der Waals surface area contributed by atoms with Crippen molar-refractivity contribution in [2.45, 2.75) is 0 Å². The van der Waals surface area contributed by atoms with Crippen LogP contribution in [0.2, 0.25) is 5.02 Å². The van der Waals surface area contributed by atoms with Gasteiger partial charge >= 0.3 is 0 Å². The molecular formula is C19H13ClN2O2. The third kappa shape index (κ3) is 2.20. The van der Waals surface area contributed by atoms with Crippen LogP contribution in [-0.4, -0.2) is 15.9 Å². The number of phenols is 1. The van der Waals surface area contributed by atoms with Gasteiger partial charge < -0.3 is 15.8 Å². The van der Waals surface area contributed by atoms with Crippen LogP contribution in [0.1, 0.15) is 15.9 Å². The van der Waals surface area contributed by atoms with Crippen molar-refractivity contribution in [3.8, 4) is 5.75 Å². The quantitative estimate of drug-likeness (QED) is 0.372. The summed E-state index contributed by atoms with van der Waals surface area (Å²) in [5, 5.41) is 12.6. The van der Waals surface area contributed by atoms with E-state index in [2.05, 4.69) is 4.98 Å². The molecule has 4 rings (SSSR count). The average Bonchev–Trinajstić information content (AvgIpc) is 2.93. The van der Waals surface area contributed by atoms with Gasteiger partial charge in [-0.15, -0.1) is 0 Å². The average molecular weight is 337 g/mol. The molecule has 1 aromatic heterocycles. The van der Waals surface area contributed by atoms with Crippen LogP contribution in [-0.2, 0) is 0 Å². The van der Waals surface area contributed by atoms with Crippen molar-refractivity contribution >= 4 is 44.9 Å². The van der Waals surface area contributed by atoms with E-state index in [4.69, 9.17) is 17.3 Å². The molecule has 4 N–H and O–H groups in total. The molecule has 0 aliphatic carbocycles. The van der Waals surface area contributed by atoms with Crippen molar-refractivity contribution in [2.75, 3.05) is 5.73 Å². The van der Waals surface area contributed by atoms with E-state index in [0.717, 1.165) is 21.8 Å². The maximum Gasteiger partial charge on any atom is 0.198 e. The highest BCUT2D eigenvalue weighted by atomic mass is 35.5. The first-order valence-corrected chi connectivity index (χ1v) is 7.75. The Hall–Kier alpha value is -2.98. The fraction of sp³-hybridized carbons (Fsp3) is 0. The summed E-state index contributed by atoms with van der Waals surface area (Å²) in [6, 6.07) is 15.7. The highest BCUT2D eigenvalue weighted by Gasteiger charge is 2.19. The van der Waals surface area contributed by atoms with Gasteiger partial charge in [-0.3, -0.25) is 4.79 Å². The first-order valence-electron chi connectivity index (χ1n) is 7.38. The molecule has 0 radical (unpaired) electrons. The van der Waals surface area contributed by atoms with Crippen LogP contribution in [0.5, 0.6) is 5.75 Å². The first kappa shape index (κ1) is 14.6. The summed E-state index contributed by atoms with van der Waals surface area (Å²) in [6.45, 7) is 0. The maximum atomic E-state index is 12.8.